The summed E-state index contributed by atoms with van der Waals surface area (Å²) in [4.78, 5) is 21.2. The van der Waals surface area contributed by atoms with Crippen LogP contribution in [0.3, 0.4) is 0 Å². The number of hydrogen-bond donors (Lipinski definition) is 8. The SMILES string of the molecule is NCCCC[C@H](N)C(=O)O.NCCCC[C@H](N)C(=O)OCCN.NCCO.O.[Cl-].[Cl-].[Cl-].[Cl-].[Cl-]. The molecule has 0 saturated heterocycles. The molecule has 0 amide bonds. The van der Waals surface area contributed by atoms with E-state index in [2.05, 4.69) is 0 Å². The zero-order valence-electron chi connectivity index (χ0n) is 18.6. The van der Waals surface area contributed by atoms with Crippen LogP contribution in [0.5, 0.6) is 0 Å². The highest BCUT2D eigenvalue weighted by molar-refractivity contribution is 5.75. The third kappa shape index (κ3) is 54.5. The Kier molecular flexibility index (Phi) is 87.6. The molecular formula is C16H42Cl5N6O6-5. The number of rotatable bonds is 13. The zero-order valence-corrected chi connectivity index (χ0v) is 22.4. The molecule has 0 aliphatic carbocycles. The van der Waals surface area contributed by atoms with Crippen molar-refractivity contribution in [3.63, 3.8) is 0 Å². The summed E-state index contributed by atoms with van der Waals surface area (Å²) in [6.07, 6.45) is 4.53. The minimum atomic E-state index is -0.933. The molecule has 0 aromatic carbocycles. The van der Waals surface area contributed by atoms with Gasteiger partial charge in [0, 0.05) is 13.1 Å². The maximum absolute atomic E-state index is 11.1. The van der Waals surface area contributed by atoms with Gasteiger partial charge in [-0.05, 0) is 38.8 Å². The van der Waals surface area contributed by atoms with Gasteiger partial charge in [-0.2, -0.15) is 0 Å². The topological polar surface area (TPSA) is 271 Å². The van der Waals surface area contributed by atoms with Crippen LogP contribution in [0.15, 0.2) is 0 Å². The van der Waals surface area contributed by atoms with Crippen LogP contribution in [0, 0.1) is 0 Å². The summed E-state index contributed by atoms with van der Waals surface area (Å²) in [6.45, 7) is 2.28. The second kappa shape index (κ2) is 49.3. The van der Waals surface area contributed by atoms with Gasteiger partial charge in [0.05, 0.1) is 6.61 Å². The van der Waals surface area contributed by atoms with Gasteiger partial charge in [0.15, 0.2) is 0 Å². The Morgan fingerprint density at radius 1 is 0.697 bits per heavy atom. The lowest BCUT2D eigenvalue weighted by Crippen LogP contribution is -3.00. The van der Waals surface area contributed by atoms with E-state index >= 15 is 0 Å². The number of aliphatic hydroxyl groups is 1. The standard InChI is InChI=1S/C8H19N3O2.C6H14N2O2.C2H7NO.5ClH.H2O/c9-4-2-1-3-7(11)8(12)13-6-5-10;7-4-2-1-3-5(8)6(9)10;3-1-2-4;;;;;;/h7H,1-6,9-11H2;5H,1-4,7-8H2,(H,9,10);4H,1-3H2;5*1H;1H2/p-5/t7-;5-;;;;;;;/m00......./s1. The van der Waals surface area contributed by atoms with Gasteiger partial charge in [-0.3, -0.25) is 9.59 Å². The summed E-state index contributed by atoms with van der Waals surface area (Å²) >= 11 is 0. The van der Waals surface area contributed by atoms with Gasteiger partial charge < -0.3 is 117 Å². The highest BCUT2D eigenvalue weighted by atomic mass is 35.5. The van der Waals surface area contributed by atoms with Gasteiger partial charge in [0.25, 0.3) is 0 Å². The predicted molar refractivity (Wildman–Crippen MR) is 109 cm³/mol. The lowest BCUT2D eigenvalue weighted by Gasteiger charge is -2.10. The molecule has 12 nitrogen and oxygen atoms in total. The number of halogens is 5. The fraction of sp³-hybridized carbons (Fsp3) is 0.875. The molecule has 0 aliphatic heterocycles. The molecule has 0 aromatic heterocycles. The molecule has 0 unspecified atom stereocenters. The number of carboxylic acids is 1. The molecule has 0 saturated carbocycles. The van der Waals surface area contributed by atoms with Gasteiger partial charge in [0.1, 0.15) is 18.7 Å². The number of unbranched alkanes of at least 4 members (excludes halogenated alkanes) is 2. The molecule has 33 heavy (non-hydrogen) atoms. The van der Waals surface area contributed by atoms with Crippen LogP contribution in [0.1, 0.15) is 38.5 Å². The van der Waals surface area contributed by atoms with E-state index in [1.165, 1.54) is 0 Å². The predicted octanol–water partition coefficient (Wildman–Crippen LogP) is -18.4. The molecule has 2 atom stereocenters. The van der Waals surface area contributed by atoms with Crippen molar-refractivity contribution < 1.29 is 92.1 Å². The van der Waals surface area contributed by atoms with Gasteiger partial charge in [-0.25, -0.2) is 0 Å². The molecule has 0 bridgehead atoms. The molecule has 17 heteroatoms. The Balaban J connectivity index is -0.0000000375. The first-order valence-electron chi connectivity index (χ1n) is 9.13. The molecule has 0 heterocycles. The third-order valence-corrected chi connectivity index (χ3v) is 3.05. The van der Waals surface area contributed by atoms with E-state index in [1.54, 1.807) is 0 Å². The van der Waals surface area contributed by atoms with E-state index in [0.29, 0.717) is 39.0 Å². The van der Waals surface area contributed by atoms with Crippen molar-refractivity contribution in [3.05, 3.63) is 0 Å². The number of aliphatic hydroxyl groups excluding tert-OH is 1. The normalized spacial score (nSPS) is 9.79. The highest BCUT2D eigenvalue weighted by Gasteiger charge is 2.13. The van der Waals surface area contributed by atoms with Crippen molar-refractivity contribution in [2.75, 3.05) is 39.4 Å². The van der Waals surface area contributed by atoms with E-state index in [1.807, 2.05) is 0 Å². The molecule has 212 valence electrons. The average molecular weight is 592 g/mol. The van der Waals surface area contributed by atoms with Crippen LogP contribution in [0.25, 0.3) is 0 Å². The average Bonchev–Trinajstić information content (AvgIpc) is 2.66. The second-order valence-electron chi connectivity index (χ2n) is 5.59. The summed E-state index contributed by atoms with van der Waals surface area (Å²) in [7, 11) is 0. The Labute approximate surface area is 228 Å². The van der Waals surface area contributed by atoms with Crippen molar-refractivity contribution in [1.82, 2.24) is 0 Å². The van der Waals surface area contributed by atoms with Crippen molar-refractivity contribution in [3.8, 4) is 0 Å². The number of carbonyl (C=O) groups excluding carboxylic acids is 1. The maximum atomic E-state index is 11.1. The van der Waals surface area contributed by atoms with E-state index in [-0.39, 0.29) is 86.7 Å². The van der Waals surface area contributed by atoms with Gasteiger partial charge >= 0.3 is 11.9 Å². The summed E-state index contributed by atoms with van der Waals surface area (Å²) in [5, 5.41) is 16.1. The van der Waals surface area contributed by atoms with Crippen LogP contribution in [-0.4, -0.2) is 79.1 Å². The second-order valence-corrected chi connectivity index (χ2v) is 5.59. The highest BCUT2D eigenvalue weighted by Crippen LogP contribution is 1.99. The largest absolute Gasteiger partial charge is 1.00 e. The zero-order chi connectivity index (χ0) is 21.5. The number of carbonyl (C=O) groups is 2. The molecule has 0 spiro atoms. The smallest absolute Gasteiger partial charge is 0.322 e. The minimum Gasteiger partial charge on any atom is -1.00 e. The summed E-state index contributed by atoms with van der Waals surface area (Å²) in [5.41, 5.74) is 31.2. The Morgan fingerprint density at radius 2 is 1.06 bits per heavy atom. The summed E-state index contributed by atoms with van der Waals surface area (Å²) < 4.78 is 4.76. The monoisotopic (exact) mass is 589 g/mol. The van der Waals surface area contributed by atoms with E-state index in [9.17, 15) is 9.59 Å². The van der Waals surface area contributed by atoms with Crippen LogP contribution in [0.4, 0.5) is 0 Å². The summed E-state index contributed by atoms with van der Waals surface area (Å²) in [5.74, 6) is -1.31. The molecular weight excluding hydrogens is 549 g/mol. The maximum Gasteiger partial charge on any atom is 0.322 e. The quantitative estimate of drug-likeness (QED) is 0.0735. The van der Waals surface area contributed by atoms with Crippen molar-refractivity contribution in [1.29, 1.82) is 0 Å². The van der Waals surface area contributed by atoms with E-state index in [0.717, 1.165) is 25.7 Å². The van der Waals surface area contributed by atoms with Gasteiger partial charge in [0.2, 0.25) is 0 Å². The molecule has 0 rings (SSSR count). The fourth-order valence-electron chi connectivity index (χ4n) is 1.53. The molecule has 0 fully saturated rings. The van der Waals surface area contributed by atoms with Crippen molar-refractivity contribution >= 4 is 11.9 Å². The van der Waals surface area contributed by atoms with Crippen LogP contribution in [0.2, 0.25) is 0 Å². The number of hydrogen-bond acceptors (Lipinski definition) is 10. The Morgan fingerprint density at radius 3 is 1.33 bits per heavy atom. The van der Waals surface area contributed by atoms with Crippen molar-refractivity contribution in [2.45, 2.75) is 50.6 Å². The molecule has 0 aromatic rings. The van der Waals surface area contributed by atoms with Gasteiger partial charge in [-0.1, -0.05) is 12.8 Å². The Hall–Kier alpha value is 0.0700. The lowest BCUT2D eigenvalue weighted by molar-refractivity contribution is -0.145. The van der Waals surface area contributed by atoms with E-state index in [4.69, 9.17) is 49.4 Å². The lowest BCUT2D eigenvalue weighted by atomic mass is 10.1. The molecule has 0 radical (unpaired) electrons. The molecule has 0 aliphatic rings. The number of nitrogens with two attached hydrogens (primary N) is 6. The molecule has 16 N–H and O–H groups in total. The first kappa shape index (κ1) is 58.7. The van der Waals surface area contributed by atoms with Crippen LogP contribution >= 0.6 is 0 Å². The first-order valence-corrected chi connectivity index (χ1v) is 9.13. The first-order chi connectivity index (χ1) is 12.8. The van der Waals surface area contributed by atoms with Crippen LogP contribution in [-0.2, 0) is 14.3 Å². The van der Waals surface area contributed by atoms with Gasteiger partial charge in [-0.15, -0.1) is 0 Å². The number of aliphatic carboxylic acids is 1. The number of ether oxygens (including phenoxy) is 1. The fourth-order valence-corrected chi connectivity index (χ4v) is 1.53. The minimum absolute atomic E-state index is 0. The summed E-state index contributed by atoms with van der Waals surface area (Å²) in [6, 6.07) is -1.25. The van der Waals surface area contributed by atoms with Crippen LogP contribution < -0.4 is 96.4 Å². The van der Waals surface area contributed by atoms with Crippen molar-refractivity contribution in [2.24, 2.45) is 34.4 Å². The Bertz CT molecular complexity index is 357. The van der Waals surface area contributed by atoms with E-state index < -0.39 is 18.1 Å². The third-order valence-electron chi connectivity index (χ3n) is 3.05. The number of esters is 1. The number of carboxylic acid groups (broad SMARTS) is 1.